The van der Waals surface area contributed by atoms with Crippen LogP contribution in [0.5, 0.6) is 0 Å². The zero-order chi connectivity index (χ0) is 26.5. The number of nitrogens with one attached hydrogen (secondary N) is 2. The highest BCUT2D eigenvalue weighted by Crippen LogP contribution is 2.41. The van der Waals surface area contributed by atoms with Crippen LogP contribution >= 0.6 is 0 Å². The van der Waals surface area contributed by atoms with Gasteiger partial charge in [0.2, 0.25) is 0 Å². The Balaban J connectivity index is 0.971. The average Bonchev–Trinajstić information content (AvgIpc) is 3.71. The lowest BCUT2D eigenvalue weighted by Crippen LogP contribution is -2.38. The molecule has 0 radical (unpaired) electrons. The summed E-state index contributed by atoms with van der Waals surface area (Å²) in [6, 6.07) is 19.7. The molecule has 0 bridgehead atoms. The zero-order valence-electron chi connectivity index (χ0n) is 21.6. The Morgan fingerprint density at radius 2 is 1.74 bits per heavy atom. The molecular formula is C31H36F2N4O. The summed E-state index contributed by atoms with van der Waals surface area (Å²) in [6.45, 7) is 4.31. The number of nitrogens with two attached hydrogens (primary N) is 1. The van der Waals surface area contributed by atoms with Crippen molar-refractivity contribution in [2.75, 3.05) is 37.2 Å². The number of likely N-dealkylation sites (tertiary alicyclic amines) is 1. The third kappa shape index (κ3) is 6.77. The van der Waals surface area contributed by atoms with Crippen LogP contribution in [-0.4, -0.2) is 43.0 Å². The van der Waals surface area contributed by atoms with E-state index < -0.39 is 11.6 Å². The highest BCUT2D eigenvalue weighted by Gasteiger charge is 2.38. The molecule has 1 saturated carbocycles. The summed E-state index contributed by atoms with van der Waals surface area (Å²) < 4.78 is 26.7. The smallest absolute Gasteiger partial charge is 0.255 e. The SMILES string of the molecule is Nc1ccccc1NC(=O)c1ccc(CCCN2CCC(CN[C@H]3C[C@@H]3c3ccc(F)c(F)c3)CC2)cc1. The first-order valence-corrected chi connectivity index (χ1v) is 13.6. The molecule has 0 unspecified atom stereocenters. The molecule has 4 N–H and O–H groups in total. The second kappa shape index (κ2) is 12.0. The molecule has 2 aliphatic rings. The van der Waals surface area contributed by atoms with Gasteiger partial charge in [0.1, 0.15) is 0 Å². The van der Waals surface area contributed by atoms with Crippen molar-refractivity contribution in [1.82, 2.24) is 10.2 Å². The summed E-state index contributed by atoms with van der Waals surface area (Å²) in [5.41, 5.74) is 9.84. The molecule has 7 heteroatoms. The second-order valence-electron chi connectivity index (χ2n) is 10.7. The first kappa shape index (κ1) is 26.3. The molecule has 1 aliphatic carbocycles. The van der Waals surface area contributed by atoms with E-state index in [9.17, 15) is 13.6 Å². The molecule has 0 aromatic heterocycles. The van der Waals surface area contributed by atoms with E-state index in [2.05, 4.69) is 15.5 Å². The minimum Gasteiger partial charge on any atom is -0.397 e. The van der Waals surface area contributed by atoms with Crippen LogP contribution in [0.15, 0.2) is 66.7 Å². The maximum Gasteiger partial charge on any atom is 0.255 e. The number of nitrogens with zero attached hydrogens (tertiary/aromatic N) is 1. The van der Waals surface area contributed by atoms with Crippen molar-refractivity contribution in [3.8, 4) is 0 Å². The minimum atomic E-state index is -0.779. The van der Waals surface area contributed by atoms with Crippen LogP contribution in [0.3, 0.4) is 0 Å². The Morgan fingerprint density at radius 1 is 0.974 bits per heavy atom. The molecule has 2 fully saturated rings. The first-order chi connectivity index (χ1) is 18.5. The van der Waals surface area contributed by atoms with Crippen molar-refractivity contribution in [3.63, 3.8) is 0 Å². The van der Waals surface area contributed by atoms with Gasteiger partial charge in [-0.3, -0.25) is 4.79 Å². The number of halogens is 2. The fourth-order valence-electron chi connectivity index (χ4n) is 5.40. The molecule has 1 heterocycles. The number of hydrogen-bond acceptors (Lipinski definition) is 4. The number of rotatable bonds is 10. The van der Waals surface area contributed by atoms with Crippen LogP contribution in [0, 0.1) is 17.6 Å². The fourth-order valence-corrected chi connectivity index (χ4v) is 5.40. The van der Waals surface area contributed by atoms with Gasteiger partial charge in [-0.1, -0.05) is 30.3 Å². The fraction of sp³-hybridized carbons (Fsp3) is 0.387. The van der Waals surface area contributed by atoms with Crippen LogP contribution in [0.25, 0.3) is 0 Å². The van der Waals surface area contributed by atoms with Gasteiger partial charge >= 0.3 is 0 Å². The Morgan fingerprint density at radius 3 is 2.47 bits per heavy atom. The molecule has 3 aromatic carbocycles. The van der Waals surface area contributed by atoms with Crippen molar-refractivity contribution >= 4 is 17.3 Å². The number of aryl methyl sites for hydroxylation is 1. The van der Waals surface area contributed by atoms with Crippen LogP contribution in [0.2, 0.25) is 0 Å². The summed E-state index contributed by atoms with van der Waals surface area (Å²) in [5.74, 6) is -0.722. The van der Waals surface area contributed by atoms with Crippen LogP contribution in [0.1, 0.15) is 53.1 Å². The van der Waals surface area contributed by atoms with Gasteiger partial charge in [-0.25, -0.2) is 8.78 Å². The number of carbonyl (C=O) groups is 1. The lowest BCUT2D eigenvalue weighted by molar-refractivity contribution is 0.102. The third-order valence-electron chi connectivity index (χ3n) is 7.90. The monoisotopic (exact) mass is 518 g/mol. The molecule has 200 valence electrons. The van der Waals surface area contributed by atoms with E-state index in [-0.39, 0.29) is 5.91 Å². The summed E-state index contributed by atoms with van der Waals surface area (Å²) in [7, 11) is 0. The molecule has 5 rings (SSSR count). The van der Waals surface area contributed by atoms with E-state index in [1.54, 1.807) is 18.2 Å². The Hall–Kier alpha value is -3.29. The van der Waals surface area contributed by atoms with Crippen molar-refractivity contribution in [2.45, 2.75) is 44.1 Å². The maximum absolute atomic E-state index is 13.5. The average molecular weight is 519 g/mol. The topological polar surface area (TPSA) is 70.4 Å². The predicted octanol–water partition coefficient (Wildman–Crippen LogP) is 5.59. The summed E-state index contributed by atoms with van der Waals surface area (Å²) in [4.78, 5) is 15.1. The number of hydrogen-bond donors (Lipinski definition) is 3. The molecule has 0 spiro atoms. The largest absolute Gasteiger partial charge is 0.397 e. The second-order valence-corrected chi connectivity index (χ2v) is 10.7. The molecule has 5 nitrogen and oxygen atoms in total. The van der Waals surface area contributed by atoms with Gasteiger partial charge < -0.3 is 21.3 Å². The van der Waals surface area contributed by atoms with Gasteiger partial charge in [-0.2, -0.15) is 0 Å². The molecule has 1 amide bonds. The molecule has 1 saturated heterocycles. The highest BCUT2D eigenvalue weighted by molar-refractivity contribution is 6.05. The molecular weight excluding hydrogens is 482 g/mol. The van der Waals surface area contributed by atoms with E-state index in [0.29, 0.717) is 34.8 Å². The predicted molar refractivity (Wildman–Crippen MR) is 148 cm³/mol. The third-order valence-corrected chi connectivity index (χ3v) is 7.90. The molecule has 1 aliphatic heterocycles. The number of amides is 1. The van der Waals surface area contributed by atoms with Gasteiger partial charge in [0.15, 0.2) is 11.6 Å². The van der Waals surface area contributed by atoms with Crippen LogP contribution < -0.4 is 16.4 Å². The molecule has 2 atom stereocenters. The molecule has 3 aromatic rings. The highest BCUT2D eigenvalue weighted by atomic mass is 19.2. The first-order valence-electron chi connectivity index (χ1n) is 13.6. The van der Waals surface area contributed by atoms with Gasteiger partial charge in [0.05, 0.1) is 11.4 Å². The molecule has 38 heavy (non-hydrogen) atoms. The Kier molecular flexibility index (Phi) is 8.35. The number of nitrogen functional groups attached to an aromatic ring is 1. The number of carbonyl (C=O) groups excluding carboxylic acids is 1. The number of para-hydroxylation sites is 2. The standard InChI is InChI=1S/C31H36F2N4O/c32-26-12-11-24(18-27(26)33)25-19-30(25)35-20-22-13-16-37(17-14-22)15-3-4-21-7-9-23(10-8-21)31(38)36-29-6-2-1-5-28(29)34/h1-2,5-12,18,22,25,30,35H,3-4,13-17,19-20,34H2,(H,36,38)/t25-,30+/m1/s1. The van der Waals surface area contributed by atoms with Crippen molar-refractivity contribution in [1.29, 1.82) is 0 Å². The lowest BCUT2D eigenvalue weighted by atomic mass is 9.96. The van der Waals surface area contributed by atoms with E-state index in [1.807, 2.05) is 36.4 Å². The summed E-state index contributed by atoms with van der Waals surface area (Å²) >= 11 is 0. The van der Waals surface area contributed by atoms with Gasteiger partial charge in [0, 0.05) is 17.5 Å². The maximum atomic E-state index is 13.5. The van der Waals surface area contributed by atoms with E-state index in [1.165, 1.54) is 30.5 Å². The Labute approximate surface area is 223 Å². The minimum absolute atomic E-state index is 0.159. The number of anilines is 2. The van der Waals surface area contributed by atoms with Crippen molar-refractivity contribution in [3.05, 3.63) is 95.1 Å². The Bertz CT molecular complexity index is 1240. The van der Waals surface area contributed by atoms with Crippen LogP contribution in [-0.2, 0) is 6.42 Å². The van der Waals surface area contributed by atoms with E-state index >= 15 is 0 Å². The van der Waals surface area contributed by atoms with Gasteiger partial charge in [-0.05, 0) is 112 Å². The lowest BCUT2D eigenvalue weighted by Gasteiger charge is -2.32. The van der Waals surface area contributed by atoms with Gasteiger partial charge in [0.25, 0.3) is 5.91 Å². The van der Waals surface area contributed by atoms with E-state index in [4.69, 9.17) is 5.73 Å². The number of benzene rings is 3. The normalized spacial score (nSPS) is 19.8. The summed E-state index contributed by atoms with van der Waals surface area (Å²) in [5, 5.41) is 6.51. The quantitative estimate of drug-likeness (QED) is 0.306. The van der Waals surface area contributed by atoms with Crippen LogP contribution in [0.4, 0.5) is 20.2 Å². The van der Waals surface area contributed by atoms with E-state index in [0.717, 1.165) is 51.0 Å². The zero-order valence-corrected chi connectivity index (χ0v) is 21.6. The number of piperidine rings is 1. The van der Waals surface area contributed by atoms with Crippen molar-refractivity contribution in [2.24, 2.45) is 5.92 Å². The van der Waals surface area contributed by atoms with Crippen molar-refractivity contribution < 1.29 is 13.6 Å². The van der Waals surface area contributed by atoms with Gasteiger partial charge in [-0.15, -0.1) is 0 Å². The summed E-state index contributed by atoms with van der Waals surface area (Å²) in [6.07, 6.45) is 5.45.